The normalized spacial score (nSPS) is 17.9. The summed E-state index contributed by atoms with van der Waals surface area (Å²) < 4.78 is 36.7. The molecule has 0 aliphatic carbocycles. The topological polar surface area (TPSA) is 105 Å². The van der Waals surface area contributed by atoms with E-state index in [1.807, 2.05) is 0 Å². The number of ether oxygens (including phenoxy) is 2. The van der Waals surface area contributed by atoms with Gasteiger partial charge in [0.05, 0.1) is 16.6 Å². The van der Waals surface area contributed by atoms with Crippen LogP contribution in [-0.4, -0.2) is 40.2 Å². The molecule has 0 spiro atoms. The molecule has 1 saturated heterocycles. The van der Waals surface area contributed by atoms with Crippen molar-refractivity contribution < 1.29 is 22.7 Å². The van der Waals surface area contributed by atoms with Crippen LogP contribution in [0, 0.1) is 11.3 Å². The number of rotatable bonds is 6. The lowest BCUT2D eigenvalue weighted by Crippen LogP contribution is -2.31. The SMILES string of the molecule is N#CCOC(=O)c1ccc(S(=O)(=O)NCC2CCCO2)cc1. The summed E-state index contributed by atoms with van der Waals surface area (Å²) in [5.74, 6) is -0.669. The van der Waals surface area contributed by atoms with Gasteiger partial charge in [-0.3, -0.25) is 0 Å². The first-order valence-electron chi connectivity index (χ1n) is 6.78. The molecule has 1 aromatic rings. The molecule has 118 valence electrons. The van der Waals surface area contributed by atoms with E-state index in [2.05, 4.69) is 9.46 Å². The highest BCUT2D eigenvalue weighted by molar-refractivity contribution is 7.89. The smallest absolute Gasteiger partial charge is 0.339 e. The van der Waals surface area contributed by atoms with Crippen LogP contribution < -0.4 is 4.72 Å². The molecule has 1 heterocycles. The molecular weight excluding hydrogens is 308 g/mol. The number of benzene rings is 1. The Hall–Kier alpha value is -1.95. The Bertz CT molecular complexity index is 657. The highest BCUT2D eigenvalue weighted by Crippen LogP contribution is 2.14. The molecule has 0 saturated carbocycles. The minimum absolute atomic E-state index is 0.0577. The number of sulfonamides is 1. The molecule has 1 aliphatic rings. The van der Waals surface area contributed by atoms with Gasteiger partial charge in [0.15, 0.2) is 6.61 Å². The van der Waals surface area contributed by atoms with E-state index in [4.69, 9.17) is 10.00 Å². The Kier molecular flexibility index (Phi) is 5.49. The number of carbonyl (C=O) groups excluding carboxylic acids is 1. The monoisotopic (exact) mass is 324 g/mol. The van der Waals surface area contributed by atoms with Gasteiger partial charge in [0.2, 0.25) is 10.0 Å². The van der Waals surface area contributed by atoms with Crippen LogP contribution >= 0.6 is 0 Å². The Morgan fingerprint density at radius 2 is 2.14 bits per heavy atom. The fourth-order valence-electron chi connectivity index (χ4n) is 2.04. The average Bonchev–Trinajstić information content (AvgIpc) is 3.04. The van der Waals surface area contributed by atoms with E-state index in [9.17, 15) is 13.2 Å². The molecule has 7 nitrogen and oxygen atoms in total. The Morgan fingerprint density at radius 3 is 2.73 bits per heavy atom. The predicted molar refractivity (Wildman–Crippen MR) is 76.5 cm³/mol. The zero-order valence-corrected chi connectivity index (χ0v) is 12.6. The van der Waals surface area contributed by atoms with Gasteiger partial charge in [-0.15, -0.1) is 0 Å². The van der Waals surface area contributed by atoms with Gasteiger partial charge in [0.1, 0.15) is 6.07 Å². The van der Waals surface area contributed by atoms with Gasteiger partial charge in [0.25, 0.3) is 0 Å². The Labute approximate surface area is 128 Å². The van der Waals surface area contributed by atoms with Crippen LogP contribution in [0.4, 0.5) is 0 Å². The van der Waals surface area contributed by atoms with Crippen molar-refractivity contribution in [3.63, 3.8) is 0 Å². The van der Waals surface area contributed by atoms with Crippen LogP contribution in [-0.2, 0) is 19.5 Å². The van der Waals surface area contributed by atoms with Crippen molar-refractivity contribution in [3.05, 3.63) is 29.8 Å². The van der Waals surface area contributed by atoms with Crippen molar-refractivity contribution in [2.75, 3.05) is 19.8 Å². The molecule has 0 radical (unpaired) electrons. The van der Waals surface area contributed by atoms with Crippen molar-refractivity contribution in [2.45, 2.75) is 23.8 Å². The minimum Gasteiger partial charge on any atom is -0.447 e. The summed E-state index contributed by atoms with van der Waals surface area (Å²) in [6, 6.07) is 7.02. The summed E-state index contributed by atoms with van der Waals surface area (Å²) in [5, 5.41) is 8.34. The quantitative estimate of drug-likeness (QED) is 0.777. The molecule has 1 N–H and O–H groups in total. The maximum absolute atomic E-state index is 12.1. The number of hydrogen-bond acceptors (Lipinski definition) is 6. The number of esters is 1. The van der Waals surface area contributed by atoms with E-state index in [0.29, 0.717) is 6.61 Å². The molecule has 0 amide bonds. The second kappa shape index (κ2) is 7.35. The zero-order valence-electron chi connectivity index (χ0n) is 11.8. The third-order valence-electron chi connectivity index (χ3n) is 3.19. The van der Waals surface area contributed by atoms with Crippen LogP contribution in [0.25, 0.3) is 0 Å². The van der Waals surface area contributed by atoms with E-state index >= 15 is 0 Å². The lowest BCUT2D eigenvalue weighted by atomic mass is 10.2. The van der Waals surface area contributed by atoms with Crippen LogP contribution in [0.1, 0.15) is 23.2 Å². The van der Waals surface area contributed by atoms with E-state index in [1.165, 1.54) is 24.3 Å². The van der Waals surface area contributed by atoms with Gasteiger partial charge in [-0.25, -0.2) is 17.9 Å². The second-order valence-electron chi connectivity index (χ2n) is 4.75. The first-order chi connectivity index (χ1) is 10.5. The van der Waals surface area contributed by atoms with E-state index in [0.717, 1.165) is 12.8 Å². The molecule has 0 bridgehead atoms. The number of hydrogen-bond donors (Lipinski definition) is 1. The molecule has 2 rings (SSSR count). The molecule has 1 fully saturated rings. The molecule has 1 aliphatic heterocycles. The van der Waals surface area contributed by atoms with Crippen molar-refractivity contribution in [3.8, 4) is 6.07 Å². The summed E-state index contributed by atoms with van der Waals surface area (Å²) in [4.78, 5) is 11.6. The van der Waals surface area contributed by atoms with E-state index in [-0.39, 0.29) is 29.7 Å². The summed E-state index contributed by atoms with van der Waals surface area (Å²) in [6.07, 6.45) is 1.69. The van der Waals surface area contributed by atoms with Crippen molar-refractivity contribution in [1.82, 2.24) is 4.72 Å². The Balaban J connectivity index is 1.99. The summed E-state index contributed by atoms with van der Waals surface area (Å²) >= 11 is 0. The fourth-order valence-corrected chi connectivity index (χ4v) is 3.11. The Morgan fingerprint density at radius 1 is 1.41 bits per heavy atom. The summed E-state index contributed by atoms with van der Waals surface area (Å²) in [7, 11) is -3.64. The maximum atomic E-state index is 12.1. The van der Waals surface area contributed by atoms with Crippen LogP contribution in [0.2, 0.25) is 0 Å². The first-order valence-corrected chi connectivity index (χ1v) is 8.26. The van der Waals surface area contributed by atoms with Gasteiger partial charge in [-0.1, -0.05) is 0 Å². The lowest BCUT2D eigenvalue weighted by molar-refractivity contribution is 0.0555. The van der Waals surface area contributed by atoms with Crippen LogP contribution in [0.3, 0.4) is 0 Å². The molecule has 1 aromatic carbocycles. The summed E-state index contributed by atoms with van der Waals surface area (Å²) in [6.45, 7) is 0.544. The highest BCUT2D eigenvalue weighted by atomic mass is 32.2. The van der Waals surface area contributed by atoms with Crippen molar-refractivity contribution >= 4 is 16.0 Å². The number of nitrogens with zero attached hydrogens (tertiary/aromatic N) is 1. The lowest BCUT2D eigenvalue weighted by Gasteiger charge is -2.11. The first kappa shape index (κ1) is 16.4. The van der Waals surface area contributed by atoms with Crippen LogP contribution in [0.15, 0.2) is 29.2 Å². The van der Waals surface area contributed by atoms with Crippen LogP contribution in [0.5, 0.6) is 0 Å². The number of nitrogens with one attached hydrogen (secondary N) is 1. The molecule has 1 unspecified atom stereocenters. The standard InChI is InChI=1S/C14H16N2O5S/c15-7-9-21-14(17)11-3-5-13(6-4-11)22(18,19)16-10-12-2-1-8-20-12/h3-6,12,16H,1-2,8-10H2. The third-order valence-corrected chi connectivity index (χ3v) is 4.63. The van der Waals surface area contributed by atoms with Crippen molar-refractivity contribution in [2.24, 2.45) is 0 Å². The van der Waals surface area contributed by atoms with Gasteiger partial charge in [0, 0.05) is 13.2 Å². The molecular formula is C14H16N2O5S. The number of carbonyl (C=O) groups is 1. The molecule has 1 atom stereocenters. The fraction of sp³-hybridized carbons (Fsp3) is 0.429. The van der Waals surface area contributed by atoms with Gasteiger partial charge >= 0.3 is 5.97 Å². The highest BCUT2D eigenvalue weighted by Gasteiger charge is 2.20. The molecule has 0 aromatic heterocycles. The zero-order chi connectivity index (χ0) is 16.0. The van der Waals surface area contributed by atoms with Gasteiger partial charge in [-0.05, 0) is 37.1 Å². The minimum atomic E-state index is -3.64. The molecule has 8 heteroatoms. The summed E-state index contributed by atoms with van der Waals surface area (Å²) in [5.41, 5.74) is 0.188. The molecule has 22 heavy (non-hydrogen) atoms. The van der Waals surface area contributed by atoms with E-state index < -0.39 is 16.0 Å². The third kappa shape index (κ3) is 4.27. The van der Waals surface area contributed by atoms with E-state index in [1.54, 1.807) is 6.07 Å². The largest absolute Gasteiger partial charge is 0.447 e. The maximum Gasteiger partial charge on any atom is 0.339 e. The second-order valence-corrected chi connectivity index (χ2v) is 6.51. The average molecular weight is 324 g/mol. The number of nitriles is 1. The van der Waals surface area contributed by atoms with Gasteiger partial charge in [-0.2, -0.15) is 5.26 Å². The van der Waals surface area contributed by atoms with Gasteiger partial charge < -0.3 is 9.47 Å². The van der Waals surface area contributed by atoms with Crippen molar-refractivity contribution in [1.29, 1.82) is 5.26 Å². The predicted octanol–water partition coefficient (Wildman–Crippen LogP) is 0.824.